The lowest BCUT2D eigenvalue weighted by atomic mass is 9.79. The molecule has 1 aliphatic carbocycles. The first-order valence-corrected chi connectivity index (χ1v) is 7.89. The van der Waals surface area contributed by atoms with Crippen LogP contribution >= 0.6 is 0 Å². The molecule has 1 unspecified atom stereocenters. The van der Waals surface area contributed by atoms with Crippen LogP contribution in [0.15, 0.2) is 10.9 Å². The minimum Gasteiger partial charge on any atom is -0.389 e. The highest BCUT2D eigenvalue weighted by molar-refractivity contribution is 4.97. The van der Waals surface area contributed by atoms with Crippen LogP contribution in [0.1, 0.15) is 63.7 Å². The fraction of sp³-hybridized carbons (Fsp3) is 0.867. The molecular weight excluding hydrogens is 254 g/mol. The van der Waals surface area contributed by atoms with Gasteiger partial charge in [0.2, 0.25) is 6.39 Å². The molecule has 2 heterocycles. The number of likely N-dealkylation sites (tertiary alicyclic amines) is 1. The number of hydrogen-bond acceptors (Lipinski definition) is 5. The maximum absolute atomic E-state index is 10.9. The molecule has 0 aromatic carbocycles. The molecule has 0 amide bonds. The molecule has 1 saturated carbocycles. The highest BCUT2D eigenvalue weighted by atomic mass is 16.5. The van der Waals surface area contributed by atoms with Crippen LogP contribution < -0.4 is 0 Å². The van der Waals surface area contributed by atoms with E-state index in [0.717, 1.165) is 56.9 Å². The van der Waals surface area contributed by atoms with Gasteiger partial charge in [0.05, 0.1) is 11.6 Å². The van der Waals surface area contributed by atoms with Crippen molar-refractivity contribution in [2.45, 2.75) is 63.5 Å². The SMILES string of the molecule is CC1CCC(O)(CN2CCCCC2c2ncon2)CC1. The van der Waals surface area contributed by atoms with E-state index < -0.39 is 5.60 Å². The second-order valence-electron chi connectivity index (χ2n) is 6.68. The third-order valence-corrected chi connectivity index (χ3v) is 4.99. The van der Waals surface area contributed by atoms with Gasteiger partial charge in [0.1, 0.15) is 0 Å². The number of aromatic nitrogens is 2. The van der Waals surface area contributed by atoms with Gasteiger partial charge in [-0.25, -0.2) is 0 Å². The number of β-amino-alcohol motifs (C(OH)–C–C–N with tert-alkyl or cyclic N) is 1. The van der Waals surface area contributed by atoms with E-state index >= 15 is 0 Å². The molecule has 1 aromatic heterocycles. The second kappa shape index (κ2) is 5.82. The van der Waals surface area contributed by atoms with Crippen molar-refractivity contribution in [2.75, 3.05) is 13.1 Å². The summed E-state index contributed by atoms with van der Waals surface area (Å²) in [5, 5.41) is 14.9. The van der Waals surface area contributed by atoms with E-state index in [2.05, 4.69) is 22.0 Å². The van der Waals surface area contributed by atoms with Crippen LogP contribution in [0.5, 0.6) is 0 Å². The predicted molar refractivity (Wildman–Crippen MR) is 75.0 cm³/mol. The summed E-state index contributed by atoms with van der Waals surface area (Å²) in [7, 11) is 0. The van der Waals surface area contributed by atoms with E-state index in [4.69, 9.17) is 4.52 Å². The normalized spacial score (nSPS) is 36.1. The highest BCUT2D eigenvalue weighted by Gasteiger charge is 2.37. The lowest BCUT2D eigenvalue weighted by Gasteiger charge is -2.42. The molecule has 112 valence electrons. The second-order valence-corrected chi connectivity index (χ2v) is 6.68. The van der Waals surface area contributed by atoms with Crippen LogP contribution in [-0.2, 0) is 0 Å². The summed E-state index contributed by atoms with van der Waals surface area (Å²) in [6, 6.07) is 0.214. The Morgan fingerprint density at radius 2 is 2.15 bits per heavy atom. The smallest absolute Gasteiger partial charge is 0.213 e. The summed E-state index contributed by atoms with van der Waals surface area (Å²) >= 11 is 0. The van der Waals surface area contributed by atoms with Crippen LogP contribution in [0, 0.1) is 5.92 Å². The van der Waals surface area contributed by atoms with Gasteiger partial charge in [-0.3, -0.25) is 4.90 Å². The molecule has 2 fully saturated rings. The van der Waals surface area contributed by atoms with E-state index in [0.29, 0.717) is 0 Å². The van der Waals surface area contributed by atoms with Crippen molar-refractivity contribution in [2.24, 2.45) is 5.92 Å². The largest absolute Gasteiger partial charge is 0.389 e. The minimum absolute atomic E-state index is 0.214. The molecule has 1 N–H and O–H groups in total. The lowest BCUT2D eigenvalue weighted by molar-refractivity contribution is -0.0511. The van der Waals surface area contributed by atoms with Gasteiger partial charge >= 0.3 is 0 Å². The molecule has 1 saturated heterocycles. The Balaban J connectivity index is 1.68. The van der Waals surface area contributed by atoms with Crippen molar-refractivity contribution < 1.29 is 9.63 Å². The van der Waals surface area contributed by atoms with Gasteiger partial charge in [0, 0.05) is 6.54 Å². The van der Waals surface area contributed by atoms with Gasteiger partial charge in [-0.05, 0) is 51.0 Å². The summed E-state index contributed by atoms with van der Waals surface area (Å²) in [5.74, 6) is 1.53. The van der Waals surface area contributed by atoms with Crippen molar-refractivity contribution >= 4 is 0 Å². The molecule has 5 heteroatoms. The standard InChI is InChI=1S/C15H25N3O2/c1-12-5-7-15(19,8-6-12)10-18-9-3-2-4-13(18)14-16-11-20-17-14/h11-13,19H,2-10H2,1H3. The summed E-state index contributed by atoms with van der Waals surface area (Å²) in [5.41, 5.74) is -0.522. The molecule has 0 radical (unpaired) electrons. The summed E-state index contributed by atoms with van der Waals surface area (Å²) < 4.78 is 4.89. The Morgan fingerprint density at radius 3 is 2.85 bits per heavy atom. The summed E-state index contributed by atoms with van der Waals surface area (Å²) in [6.07, 6.45) is 8.97. The van der Waals surface area contributed by atoms with Crippen LogP contribution in [0.4, 0.5) is 0 Å². The topological polar surface area (TPSA) is 62.4 Å². The van der Waals surface area contributed by atoms with Gasteiger partial charge < -0.3 is 9.63 Å². The van der Waals surface area contributed by atoms with Crippen molar-refractivity contribution in [3.05, 3.63) is 12.2 Å². The Kier molecular flexibility index (Phi) is 4.08. The van der Waals surface area contributed by atoms with Crippen molar-refractivity contribution in [3.63, 3.8) is 0 Å². The molecular formula is C15H25N3O2. The molecule has 0 spiro atoms. The zero-order valence-corrected chi connectivity index (χ0v) is 12.3. The molecule has 3 rings (SSSR count). The molecule has 5 nitrogen and oxygen atoms in total. The van der Waals surface area contributed by atoms with Crippen LogP contribution in [-0.4, -0.2) is 38.8 Å². The number of aliphatic hydroxyl groups is 1. The van der Waals surface area contributed by atoms with E-state index in [1.54, 1.807) is 0 Å². The van der Waals surface area contributed by atoms with Crippen molar-refractivity contribution in [1.82, 2.24) is 15.0 Å². The number of rotatable bonds is 3. The third kappa shape index (κ3) is 3.04. The molecule has 0 bridgehead atoms. The number of hydrogen-bond donors (Lipinski definition) is 1. The maximum Gasteiger partial charge on any atom is 0.213 e. The Bertz CT molecular complexity index is 413. The highest BCUT2D eigenvalue weighted by Crippen LogP contribution is 2.36. The Hall–Kier alpha value is -0.940. The summed E-state index contributed by atoms with van der Waals surface area (Å²) in [6.45, 7) is 4.05. The van der Waals surface area contributed by atoms with Gasteiger partial charge in [0.25, 0.3) is 0 Å². The van der Waals surface area contributed by atoms with E-state index in [9.17, 15) is 5.11 Å². The third-order valence-electron chi connectivity index (χ3n) is 4.99. The van der Waals surface area contributed by atoms with E-state index in [1.807, 2.05) is 0 Å². The average molecular weight is 279 g/mol. The van der Waals surface area contributed by atoms with Crippen LogP contribution in [0.25, 0.3) is 0 Å². The fourth-order valence-electron chi connectivity index (χ4n) is 3.63. The average Bonchev–Trinajstić information content (AvgIpc) is 2.97. The summed E-state index contributed by atoms with van der Waals surface area (Å²) in [4.78, 5) is 6.58. The first-order valence-electron chi connectivity index (χ1n) is 7.89. The Morgan fingerprint density at radius 1 is 1.35 bits per heavy atom. The molecule has 20 heavy (non-hydrogen) atoms. The molecule has 1 aliphatic heterocycles. The molecule has 1 aromatic rings. The van der Waals surface area contributed by atoms with Gasteiger partial charge in [-0.2, -0.15) is 4.98 Å². The zero-order valence-electron chi connectivity index (χ0n) is 12.3. The van der Waals surface area contributed by atoms with E-state index in [1.165, 1.54) is 19.2 Å². The van der Waals surface area contributed by atoms with Crippen LogP contribution in [0.3, 0.4) is 0 Å². The monoisotopic (exact) mass is 279 g/mol. The number of nitrogens with zero attached hydrogens (tertiary/aromatic N) is 3. The molecule has 2 aliphatic rings. The van der Waals surface area contributed by atoms with Gasteiger partial charge in [-0.1, -0.05) is 18.5 Å². The lowest BCUT2D eigenvalue weighted by Crippen LogP contribution is -2.48. The maximum atomic E-state index is 10.9. The minimum atomic E-state index is -0.522. The van der Waals surface area contributed by atoms with Crippen molar-refractivity contribution in [1.29, 1.82) is 0 Å². The quantitative estimate of drug-likeness (QED) is 0.921. The van der Waals surface area contributed by atoms with Gasteiger partial charge in [0.15, 0.2) is 5.82 Å². The molecule has 1 atom stereocenters. The zero-order chi connectivity index (χ0) is 14.0. The first kappa shape index (κ1) is 14.0. The van der Waals surface area contributed by atoms with Crippen molar-refractivity contribution in [3.8, 4) is 0 Å². The Labute approximate surface area is 120 Å². The number of piperidine rings is 1. The van der Waals surface area contributed by atoms with Gasteiger partial charge in [-0.15, -0.1) is 0 Å². The first-order chi connectivity index (χ1) is 9.66. The van der Waals surface area contributed by atoms with E-state index in [-0.39, 0.29) is 6.04 Å². The predicted octanol–water partition coefficient (Wildman–Crippen LogP) is 2.54. The fourth-order valence-corrected chi connectivity index (χ4v) is 3.63. The van der Waals surface area contributed by atoms with Crippen LogP contribution in [0.2, 0.25) is 0 Å².